The largest absolute Gasteiger partial charge is 0.352 e. The maximum Gasteiger partial charge on any atom is 0.352 e. The normalized spacial score (nSPS) is 11.6. The number of carbonyl (C=O) groups is 2. The van der Waals surface area contributed by atoms with E-state index in [0.29, 0.717) is 22.7 Å². The van der Waals surface area contributed by atoms with Gasteiger partial charge in [-0.25, -0.2) is 13.9 Å². The van der Waals surface area contributed by atoms with Gasteiger partial charge in [0.25, 0.3) is 11.5 Å². The molecule has 2 heterocycles. The van der Waals surface area contributed by atoms with Gasteiger partial charge in [-0.3, -0.25) is 19.0 Å². The minimum absolute atomic E-state index is 0.0831. The summed E-state index contributed by atoms with van der Waals surface area (Å²) in [6.07, 6.45) is 0. The Morgan fingerprint density at radius 2 is 1.77 bits per heavy atom. The summed E-state index contributed by atoms with van der Waals surface area (Å²) in [4.78, 5) is 52.2. The summed E-state index contributed by atoms with van der Waals surface area (Å²) < 4.78 is 3.76. The highest BCUT2D eigenvalue weighted by Crippen LogP contribution is 2.16. The maximum absolute atomic E-state index is 13.5. The second-order valence-corrected chi connectivity index (χ2v) is 9.62. The summed E-state index contributed by atoms with van der Waals surface area (Å²) in [5, 5.41) is 7.85. The molecule has 0 aliphatic carbocycles. The molecule has 0 fully saturated rings. The predicted octanol–water partition coefficient (Wildman–Crippen LogP) is 3.14. The number of hydrogen-bond donors (Lipinski definition) is 1. The van der Waals surface area contributed by atoms with Crippen molar-refractivity contribution in [3.63, 3.8) is 0 Å². The van der Waals surface area contributed by atoms with Crippen LogP contribution in [0.4, 0.5) is 0 Å². The zero-order valence-electron chi connectivity index (χ0n) is 19.9. The lowest BCUT2D eigenvalue weighted by Gasteiger charge is -2.13. The van der Waals surface area contributed by atoms with Crippen LogP contribution in [-0.2, 0) is 13.1 Å². The van der Waals surface area contributed by atoms with E-state index in [4.69, 9.17) is 11.6 Å². The number of hydrogen-bond acceptors (Lipinski definition) is 5. The van der Waals surface area contributed by atoms with Gasteiger partial charge >= 0.3 is 5.69 Å². The zero-order valence-corrected chi connectivity index (χ0v) is 20.7. The van der Waals surface area contributed by atoms with Gasteiger partial charge in [-0.1, -0.05) is 37.6 Å². The van der Waals surface area contributed by atoms with Crippen LogP contribution in [0.15, 0.2) is 52.1 Å². The Morgan fingerprint density at radius 3 is 2.43 bits per heavy atom. The Hall–Kier alpha value is -3.72. The predicted molar refractivity (Wildman–Crippen MR) is 134 cm³/mol. The molecule has 4 aromatic rings. The van der Waals surface area contributed by atoms with Crippen LogP contribution in [0.1, 0.15) is 48.4 Å². The molecule has 1 amide bonds. The molecule has 0 radical (unpaired) electrons. The average molecular weight is 496 g/mol. The van der Waals surface area contributed by atoms with Gasteiger partial charge in [0.1, 0.15) is 6.54 Å². The van der Waals surface area contributed by atoms with E-state index in [1.807, 2.05) is 27.7 Å². The van der Waals surface area contributed by atoms with Gasteiger partial charge in [0.2, 0.25) is 5.78 Å². The van der Waals surface area contributed by atoms with Crippen molar-refractivity contribution in [3.8, 4) is 0 Å². The number of nitrogens with zero attached hydrogens (tertiary/aromatic N) is 4. The first-order chi connectivity index (χ1) is 16.6. The summed E-state index contributed by atoms with van der Waals surface area (Å²) in [5.74, 6) is -0.463. The van der Waals surface area contributed by atoms with Crippen molar-refractivity contribution in [3.05, 3.63) is 79.5 Å². The molecule has 182 valence electrons. The van der Waals surface area contributed by atoms with E-state index in [1.54, 1.807) is 30.3 Å². The van der Waals surface area contributed by atoms with Crippen LogP contribution in [0.5, 0.6) is 0 Å². The maximum atomic E-state index is 13.5. The number of halogens is 1. The van der Waals surface area contributed by atoms with Crippen LogP contribution in [0.2, 0.25) is 5.02 Å². The van der Waals surface area contributed by atoms with Gasteiger partial charge in [0.15, 0.2) is 5.78 Å². The molecule has 9 nitrogen and oxygen atoms in total. The van der Waals surface area contributed by atoms with Crippen LogP contribution < -0.4 is 16.6 Å². The molecule has 10 heteroatoms. The molecule has 0 atom stereocenters. The van der Waals surface area contributed by atoms with Gasteiger partial charge in [-0.05, 0) is 50.1 Å². The number of benzene rings is 2. The summed E-state index contributed by atoms with van der Waals surface area (Å²) in [7, 11) is 0. The molecule has 0 saturated heterocycles. The molecule has 35 heavy (non-hydrogen) atoms. The standard InChI is InChI=1S/C25H26ClN5O4/c1-14(2)12-29-23(34)19-9-8-17(22(33)27-15(3)4)11-20(19)31-24(29)28-30(25(31)35)13-21(32)16-6-5-7-18(26)10-16/h5-11,14-15H,12-13H2,1-4H3,(H,27,33). The van der Waals surface area contributed by atoms with E-state index in [9.17, 15) is 19.2 Å². The Labute approximate surface area is 205 Å². The lowest BCUT2D eigenvalue weighted by Crippen LogP contribution is -2.31. The van der Waals surface area contributed by atoms with Crippen LogP contribution in [-0.4, -0.2) is 36.5 Å². The first-order valence-corrected chi connectivity index (χ1v) is 11.7. The lowest BCUT2D eigenvalue weighted by atomic mass is 10.1. The zero-order chi connectivity index (χ0) is 25.4. The number of fused-ring (bicyclic) bond motifs is 3. The first-order valence-electron chi connectivity index (χ1n) is 11.3. The minimum Gasteiger partial charge on any atom is -0.350 e. The third-order valence-electron chi connectivity index (χ3n) is 5.45. The Kier molecular flexibility index (Phi) is 6.62. The highest BCUT2D eigenvalue weighted by atomic mass is 35.5. The Morgan fingerprint density at radius 1 is 1.03 bits per heavy atom. The van der Waals surface area contributed by atoms with Crippen molar-refractivity contribution in [2.24, 2.45) is 5.92 Å². The van der Waals surface area contributed by atoms with E-state index >= 15 is 0 Å². The summed E-state index contributed by atoms with van der Waals surface area (Å²) in [6, 6.07) is 11.0. The summed E-state index contributed by atoms with van der Waals surface area (Å²) in [6.45, 7) is 7.58. The number of aromatic nitrogens is 4. The van der Waals surface area contributed by atoms with E-state index < -0.39 is 5.69 Å². The fourth-order valence-electron chi connectivity index (χ4n) is 3.92. The monoisotopic (exact) mass is 495 g/mol. The summed E-state index contributed by atoms with van der Waals surface area (Å²) >= 11 is 6.00. The quantitative estimate of drug-likeness (QED) is 0.396. The molecular formula is C25H26ClN5O4. The van der Waals surface area contributed by atoms with E-state index in [0.717, 1.165) is 4.68 Å². The van der Waals surface area contributed by atoms with Crippen molar-refractivity contribution in [1.29, 1.82) is 0 Å². The molecular weight excluding hydrogens is 470 g/mol. The Balaban J connectivity index is 1.93. The fourth-order valence-corrected chi connectivity index (χ4v) is 4.11. The van der Waals surface area contributed by atoms with Gasteiger partial charge in [0.05, 0.1) is 10.9 Å². The molecule has 0 saturated carbocycles. The molecule has 0 aliphatic heterocycles. The molecule has 0 unspecified atom stereocenters. The second kappa shape index (κ2) is 9.50. The van der Waals surface area contributed by atoms with Crippen molar-refractivity contribution >= 4 is 40.0 Å². The summed E-state index contributed by atoms with van der Waals surface area (Å²) in [5.41, 5.74) is 0.00388. The first kappa shape index (κ1) is 24.4. The molecule has 0 aliphatic rings. The molecule has 1 N–H and O–H groups in total. The van der Waals surface area contributed by atoms with Gasteiger partial charge < -0.3 is 5.32 Å². The number of nitrogens with one attached hydrogen (secondary N) is 1. The van der Waals surface area contributed by atoms with Crippen LogP contribution in [0.25, 0.3) is 16.7 Å². The van der Waals surface area contributed by atoms with Crippen molar-refractivity contribution < 1.29 is 9.59 Å². The van der Waals surface area contributed by atoms with Gasteiger partial charge in [0, 0.05) is 28.7 Å². The third kappa shape index (κ3) is 4.77. The fraction of sp³-hybridized carbons (Fsp3) is 0.320. The van der Waals surface area contributed by atoms with Crippen LogP contribution in [0.3, 0.4) is 0 Å². The number of carbonyl (C=O) groups excluding carboxylic acids is 2. The van der Waals surface area contributed by atoms with E-state index in [2.05, 4.69) is 10.4 Å². The van der Waals surface area contributed by atoms with Gasteiger partial charge in [-0.2, -0.15) is 0 Å². The molecule has 2 aromatic heterocycles. The average Bonchev–Trinajstić information content (AvgIpc) is 3.11. The number of ketones is 1. The van der Waals surface area contributed by atoms with Crippen LogP contribution >= 0.6 is 11.6 Å². The number of Topliss-reactive ketones (excluding diaryl/α,β-unsaturated/α-hetero) is 1. The number of rotatable bonds is 7. The lowest BCUT2D eigenvalue weighted by molar-refractivity contribution is 0.0940. The molecule has 4 rings (SSSR count). The smallest absolute Gasteiger partial charge is 0.350 e. The highest BCUT2D eigenvalue weighted by molar-refractivity contribution is 6.31. The molecule has 2 aromatic carbocycles. The van der Waals surface area contributed by atoms with Crippen molar-refractivity contribution in [1.82, 2.24) is 24.1 Å². The number of amides is 1. The van der Waals surface area contributed by atoms with E-state index in [1.165, 1.54) is 21.1 Å². The molecule has 0 bridgehead atoms. The van der Waals surface area contributed by atoms with Crippen molar-refractivity contribution in [2.45, 2.75) is 46.8 Å². The topological polar surface area (TPSA) is 107 Å². The van der Waals surface area contributed by atoms with E-state index in [-0.39, 0.29) is 52.4 Å². The van der Waals surface area contributed by atoms with Crippen LogP contribution in [0, 0.1) is 5.92 Å². The highest BCUT2D eigenvalue weighted by Gasteiger charge is 2.21. The second-order valence-electron chi connectivity index (χ2n) is 9.18. The SMILES string of the molecule is CC(C)Cn1c(=O)c2ccc(C(=O)NC(C)C)cc2n2c(=O)n(CC(=O)c3cccc(Cl)c3)nc12. The minimum atomic E-state index is -0.584. The van der Waals surface area contributed by atoms with Crippen molar-refractivity contribution in [2.75, 3.05) is 0 Å². The third-order valence-corrected chi connectivity index (χ3v) is 5.68. The Bertz CT molecular complexity index is 1580. The molecule has 0 spiro atoms. The van der Waals surface area contributed by atoms with Gasteiger partial charge in [-0.15, -0.1) is 5.10 Å².